The largest absolute Gasteiger partial charge is 0.0981 e. The Hall–Kier alpha value is -1.77. The molecule has 2 aliphatic carbocycles. The molecule has 2 aromatic rings. The number of thioether (sulfide) groups is 1. The van der Waals surface area contributed by atoms with Gasteiger partial charge < -0.3 is 0 Å². The average molecular weight is 385 g/mol. The highest BCUT2D eigenvalue weighted by Gasteiger charge is 2.35. The maximum Gasteiger partial charge on any atom is 0.0944 e. The average Bonchev–Trinajstić information content (AvgIpc) is 3.28. The van der Waals surface area contributed by atoms with Gasteiger partial charge in [0.2, 0.25) is 0 Å². The van der Waals surface area contributed by atoms with Crippen LogP contribution >= 0.6 is 11.8 Å². The normalized spacial score (nSPS) is 23.9. The van der Waals surface area contributed by atoms with Gasteiger partial charge in [0.15, 0.2) is 0 Å². The predicted octanol–water partition coefficient (Wildman–Crippen LogP) is 7.22. The molecule has 0 saturated heterocycles. The summed E-state index contributed by atoms with van der Waals surface area (Å²) in [5, 5.41) is 4.34. The molecule has 0 fully saturated rings. The molecule has 2 heteroatoms. The molecule has 1 heterocycles. The van der Waals surface area contributed by atoms with Crippen molar-refractivity contribution in [1.29, 1.82) is 0 Å². The van der Waals surface area contributed by atoms with Crippen molar-refractivity contribution in [3.8, 4) is 0 Å². The number of fused-ring (bicyclic) bond motifs is 4. The highest BCUT2D eigenvalue weighted by molar-refractivity contribution is 8.07. The first kappa shape index (κ1) is 17.3. The van der Waals surface area contributed by atoms with E-state index < -0.39 is 0 Å². The standard InChI is InChI=1S/C25H24SSi/c1-5-21-15(3)24-16(4)23(13-22(24)26-21)27-25-14(2)12-20-18-9-7-6-8-17(18)10-11-19(20)25/h6-13,24-25H,5H2,1-4H3. The second-order valence-electron chi connectivity index (χ2n) is 7.89. The number of benzene rings is 2. The summed E-state index contributed by atoms with van der Waals surface area (Å²) in [6.07, 6.45) is 6.12. The lowest BCUT2D eigenvalue weighted by Crippen LogP contribution is -2.11. The molecule has 2 atom stereocenters. The van der Waals surface area contributed by atoms with Gasteiger partial charge in [0.25, 0.3) is 0 Å². The van der Waals surface area contributed by atoms with E-state index >= 15 is 0 Å². The van der Waals surface area contributed by atoms with Crippen LogP contribution < -0.4 is 0 Å². The zero-order valence-electron chi connectivity index (χ0n) is 16.4. The van der Waals surface area contributed by atoms with E-state index in [1.807, 2.05) is 11.8 Å². The minimum absolute atomic E-state index is 0.546. The SMILES string of the molecule is CCC1=C(C)C2C(=CC([Si]C3C(C)=Cc4c3ccc3ccccc43)=C2C)S1. The first-order chi connectivity index (χ1) is 13.1. The molecule has 5 rings (SSSR count). The zero-order valence-corrected chi connectivity index (χ0v) is 18.2. The van der Waals surface area contributed by atoms with E-state index in [0.717, 1.165) is 9.52 Å². The lowest BCUT2D eigenvalue weighted by molar-refractivity contribution is 0.893. The first-order valence-electron chi connectivity index (χ1n) is 9.84. The highest BCUT2D eigenvalue weighted by Crippen LogP contribution is 2.54. The molecule has 27 heavy (non-hydrogen) atoms. The third-order valence-electron chi connectivity index (χ3n) is 6.31. The predicted molar refractivity (Wildman–Crippen MR) is 121 cm³/mol. The van der Waals surface area contributed by atoms with Crippen molar-refractivity contribution in [2.75, 3.05) is 0 Å². The van der Waals surface area contributed by atoms with Gasteiger partial charge in [-0.2, -0.15) is 0 Å². The van der Waals surface area contributed by atoms with Crippen molar-refractivity contribution >= 4 is 38.1 Å². The smallest absolute Gasteiger partial charge is 0.0944 e. The molecule has 0 aromatic heterocycles. The third kappa shape index (κ3) is 2.57. The molecular formula is C25H24SSi. The fourth-order valence-electron chi connectivity index (χ4n) is 4.85. The molecule has 3 aliphatic rings. The van der Waals surface area contributed by atoms with Crippen LogP contribution in [0.25, 0.3) is 16.8 Å². The molecule has 1 aliphatic heterocycles. The van der Waals surface area contributed by atoms with Crippen molar-refractivity contribution in [1.82, 2.24) is 0 Å². The number of hydrogen-bond acceptors (Lipinski definition) is 1. The molecular weight excluding hydrogens is 360 g/mol. The molecule has 0 amide bonds. The van der Waals surface area contributed by atoms with Gasteiger partial charge in [-0.25, -0.2) is 0 Å². The van der Waals surface area contributed by atoms with Crippen molar-refractivity contribution in [3.05, 3.63) is 85.3 Å². The summed E-state index contributed by atoms with van der Waals surface area (Å²) in [6, 6.07) is 13.5. The van der Waals surface area contributed by atoms with Crippen LogP contribution in [-0.2, 0) is 0 Å². The van der Waals surface area contributed by atoms with Gasteiger partial charge in [-0.3, -0.25) is 0 Å². The summed E-state index contributed by atoms with van der Waals surface area (Å²) in [6.45, 7) is 9.31. The number of allylic oxidation sites excluding steroid dienone is 7. The van der Waals surface area contributed by atoms with Crippen LogP contribution in [0.1, 0.15) is 50.8 Å². The molecule has 2 aromatic carbocycles. The lowest BCUT2D eigenvalue weighted by atomic mass is 9.95. The van der Waals surface area contributed by atoms with Crippen LogP contribution in [0.4, 0.5) is 0 Å². The summed E-state index contributed by atoms with van der Waals surface area (Å²) in [5.74, 6) is 0.578. The topological polar surface area (TPSA) is 0 Å². The second-order valence-corrected chi connectivity index (χ2v) is 10.5. The van der Waals surface area contributed by atoms with E-state index in [1.54, 1.807) is 26.2 Å². The Kier molecular flexibility index (Phi) is 4.10. The van der Waals surface area contributed by atoms with E-state index in [2.05, 4.69) is 76.2 Å². The fraction of sp³-hybridized carbons (Fsp3) is 0.280. The maximum atomic E-state index is 2.52. The molecule has 2 radical (unpaired) electrons. The quantitative estimate of drug-likeness (QED) is 0.503. The van der Waals surface area contributed by atoms with E-state index in [4.69, 9.17) is 0 Å². The Morgan fingerprint density at radius 3 is 2.56 bits per heavy atom. The number of hydrogen-bond donors (Lipinski definition) is 0. The fourth-order valence-corrected chi connectivity index (χ4v) is 7.95. The van der Waals surface area contributed by atoms with E-state index in [9.17, 15) is 0 Å². The van der Waals surface area contributed by atoms with Crippen LogP contribution in [0.5, 0.6) is 0 Å². The Morgan fingerprint density at radius 1 is 0.963 bits per heavy atom. The van der Waals surface area contributed by atoms with Crippen LogP contribution in [-0.4, -0.2) is 9.52 Å². The Morgan fingerprint density at radius 2 is 1.78 bits per heavy atom. The minimum Gasteiger partial charge on any atom is -0.0981 e. The van der Waals surface area contributed by atoms with Crippen LogP contribution in [0.15, 0.2) is 74.2 Å². The second kappa shape index (κ2) is 6.39. The van der Waals surface area contributed by atoms with Gasteiger partial charge in [-0.05, 0) is 54.0 Å². The Balaban J connectivity index is 1.52. The summed E-state index contributed by atoms with van der Waals surface area (Å²) in [4.78, 5) is 3.16. The monoisotopic (exact) mass is 384 g/mol. The van der Waals surface area contributed by atoms with Gasteiger partial charge in [0, 0.05) is 16.4 Å². The molecule has 134 valence electrons. The van der Waals surface area contributed by atoms with Gasteiger partial charge in [-0.1, -0.05) is 89.2 Å². The minimum atomic E-state index is 0.546. The highest BCUT2D eigenvalue weighted by atomic mass is 32.2. The first-order valence-corrected chi connectivity index (χ1v) is 11.7. The van der Waals surface area contributed by atoms with Gasteiger partial charge >= 0.3 is 0 Å². The van der Waals surface area contributed by atoms with Crippen molar-refractivity contribution in [2.24, 2.45) is 5.92 Å². The molecule has 0 spiro atoms. The van der Waals surface area contributed by atoms with Crippen LogP contribution in [0, 0.1) is 5.92 Å². The Bertz CT molecular complexity index is 1100. The van der Waals surface area contributed by atoms with Gasteiger partial charge in [0.05, 0.1) is 9.52 Å². The summed E-state index contributed by atoms with van der Waals surface area (Å²) in [7, 11) is 0.829. The molecule has 0 nitrogen and oxygen atoms in total. The molecule has 0 saturated carbocycles. The van der Waals surface area contributed by atoms with Crippen molar-refractivity contribution in [2.45, 2.75) is 39.7 Å². The van der Waals surface area contributed by atoms with E-state index in [1.165, 1.54) is 33.9 Å². The molecule has 2 unspecified atom stereocenters. The lowest BCUT2D eigenvalue weighted by Gasteiger charge is -2.17. The van der Waals surface area contributed by atoms with Gasteiger partial charge in [0.1, 0.15) is 0 Å². The van der Waals surface area contributed by atoms with E-state index in [0.29, 0.717) is 11.5 Å². The summed E-state index contributed by atoms with van der Waals surface area (Å²) >= 11 is 2.03. The van der Waals surface area contributed by atoms with Crippen molar-refractivity contribution in [3.63, 3.8) is 0 Å². The molecule has 0 bridgehead atoms. The van der Waals surface area contributed by atoms with Crippen molar-refractivity contribution < 1.29 is 0 Å². The number of rotatable bonds is 3. The molecule has 0 N–H and O–H groups in total. The van der Waals surface area contributed by atoms with Crippen LogP contribution in [0.2, 0.25) is 0 Å². The maximum absolute atomic E-state index is 2.52. The third-order valence-corrected chi connectivity index (χ3v) is 9.66. The van der Waals surface area contributed by atoms with Gasteiger partial charge in [-0.15, -0.1) is 0 Å². The Labute approximate surface area is 169 Å². The van der Waals surface area contributed by atoms with E-state index in [-0.39, 0.29) is 0 Å². The zero-order chi connectivity index (χ0) is 18.7. The van der Waals surface area contributed by atoms with Crippen LogP contribution in [0.3, 0.4) is 0 Å². The summed E-state index contributed by atoms with van der Waals surface area (Å²) < 4.78 is 0. The summed E-state index contributed by atoms with van der Waals surface area (Å²) in [5.41, 5.74) is 8.23.